The fourth-order valence-electron chi connectivity index (χ4n) is 3.57. The number of aromatic nitrogens is 1. The molecule has 0 saturated carbocycles. The summed E-state index contributed by atoms with van der Waals surface area (Å²) < 4.78 is 0. The molecule has 23 heavy (non-hydrogen) atoms. The number of aryl methyl sites for hydroxylation is 1. The molecule has 3 atom stereocenters. The molecule has 0 unspecified atom stereocenters. The van der Waals surface area contributed by atoms with Gasteiger partial charge >= 0.3 is 0 Å². The third-order valence-corrected chi connectivity index (χ3v) is 5.11. The Bertz CT molecular complexity index is 631. The Morgan fingerprint density at radius 1 is 1.35 bits per heavy atom. The van der Waals surface area contributed by atoms with E-state index in [1.165, 1.54) is 0 Å². The number of carbonyl (C=O) groups is 2. The average molecular weight is 316 g/mol. The quantitative estimate of drug-likeness (QED) is 0.808. The number of pyridine rings is 1. The third kappa shape index (κ3) is 2.72. The van der Waals surface area contributed by atoms with Crippen LogP contribution in [0.2, 0.25) is 0 Å². The molecule has 2 aliphatic heterocycles. The van der Waals surface area contributed by atoms with E-state index in [0.29, 0.717) is 18.3 Å². The van der Waals surface area contributed by atoms with Crippen LogP contribution in [0, 0.1) is 6.92 Å². The van der Waals surface area contributed by atoms with Gasteiger partial charge in [-0.1, -0.05) is 6.07 Å². The minimum Gasteiger partial charge on any atom is -0.335 e. The van der Waals surface area contributed by atoms with E-state index in [2.05, 4.69) is 9.88 Å². The molecule has 0 bridgehead atoms. The number of amides is 2. The van der Waals surface area contributed by atoms with Gasteiger partial charge in [0, 0.05) is 25.3 Å². The van der Waals surface area contributed by atoms with E-state index in [4.69, 9.17) is 0 Å². The summed E-state index contributed by atoms with van der Waals surface area (Å²) in [6.45, 7) is 5.04. The van der Waals surface area contributed by atoms with Crippen molar-refractivity contribution in [2.75, 3.05) is 27.2 Å². The summed E-state index contributed by atoms with van der Waals surface area (Å²) in [6.07, 6.45) is 2.54. The Labute approximate surface area is 137 Å². The summed E-state index contributed by atoms with van der Waals surface area (Å²) in [5.74, 6) is -0.0931. The van der Waals surface area contributed by atoms with Crippen molar-refractivity contribution in [2.24, 2.45) is 0 Å². The minimum atomic E-state index is -0.430. The van der Waals surface area contributed by atoms with E-state index in [1.807, 2.05) is 45.0 Å². The molecule has 3 heterocycles. The molecule has 2 amide bonds. The van der Waals surface area contributed by atoms with Crippen molar-refractivity contribution in [3.05, 3.63) is 29.6 Å². The number of piperazine rings is 1. The number of fused-ring (bicyclic) bond motifs is 1. The second-order valence-corrected chi connectivity index (χ2v) is 6.80. The molecule has 0 radical (unpaired) electrons. The highest BCUT2D eigenvalue weighted by atomic mass is 16.2. The highest BCUT2D eigenvalue weighted by Crippen LogP contribution is 2.28. The highest BCUT2D eigenvalue weighted by Gasteiger charge is 2.45. The Hall–Kier alpha value is -1.95. The second kappa shape index (κ2) is 5.92. The van der Waals surface area contributed by atoms with Gasteiger partial charge in [-0.25, -0.2) is 0 Å². The lowest BCUT2D eigenvalue weighted by Crippen LogP contribution is -2.60. The summed E-state index contributed by atoms with van der Waals surface area (Å²) in [6, 6.07) is 3.74. The molecular formula is C17H24N4O2. The summed E-state index contributed by atoms with van der Waals surface area (Å²) in [5, 5.41) is 0. The van der Waals surface area contributed by atoms with Crippen LogP contribution in [0.25, 0.3) is 0 Å². The molecule has 2 aliphatic rings. The van der Waals surface area contributed by atoms with Gasteiger partial charge in [-0.3, -0.25) is 14.6 Å². The van der Waals surface area contributed by atoms with E-state index in [1.54, 1.807) is 11.1 Å². The third-order valence-electron chi connectivity index (χ3n) is 5.11. The smallest absolute Gasteiger partial charge is 0.273 e. The van der Waals surface area contributed by atoms with Crippen molar-refractivity contribution >= 4 is 11.8 Å². The zero-order valence-corrected chi connectivity index (χ0v) is 14.2. The van der Waals surface area contributed by atoms with Crippen LogP contribution in [0.1, 0.15) is 29.4 Å². The monoisotopic (exact) mass is 316 g/mol. The Balaban J connectivity index is 1.84. The molecule has 6 nitrogen and oxygen atoms in total. The van der Waals surface area contributed by atoms with E-state index < -0.39 is 6.04 Å². The normalized spacial score (nSPS) is 27.5. The van der Waals surface area contributed by atoms with Crippen LogP contribution in [0.5, 0.6) is 0 Å². The zero-order valence-electron chi connectivity index (χ0n) is 14.2. The minimum absolute atomic E-state index is 0.0486. The van der Waals surface area contributed by atoms with Crippen LogP contribution >= 0.6 is 0 Å². The van der Waals surface area contributed by atoms with Crippen LogP contribution in [0.3, 0.4) is 0 Å². The number of hydrogen-bond donors (Lipinski definition) is 0. The molecule has 1 aromatic rings. The average Bonchev–Trinajstić information content (AvgIpc) is 2.95. The van der Waals surface area contributed by atoms with Gasteiger partial charge < -0.3 is 14.7 Å². The van der Waals surface area contributed by atoms with Crippen molar-refractivity contribution in [2.45, 2.75) is 38.4 Å². The number of likely N-dealkylation sites (N-methyl/N-ethyl adjacent to an activating group) is 1. The van der Waals surface area contributed by atoms with Crippen molar-refractivity contribution in [1.29, 1.82) is 0 Å². The fraction of sp³-hybridized carbons (Fsp3) is 0.588. The molecule has 124 valence electrons. The zero-order chi connectivity index (χ0) is 16.7. The van der Waals surface area contributed by atoms with Crippen LogP contribution in [0.4, 0.5) is 0 Å². The van der Waals surface area contributed by atoms with E-state index in [-0.39, 0.29) is 17.9 Å². The van der Waals surface area contributed by atoms with Gasteiger partial charge in [0.1, 0.15) is 11.7 Å². The Morgan fingerprint density at radius 3 is 2.74 bits per heavy atom. The first-order valence-electron chi connectivity index (χ1n) is 8.09. The van der Waals surface area contributed by atoms with Gasteiger partial charge in [0.15, 0.2) is 0 Å². The molecular weight excluding hydrogens is 292 g/mol. The fourth-order valence-corrected chi connectivity index (χ4v) is 3.57. The lowest BCUT2D eigenvalue weighted by Gasteiger charge is -2.41. The van der Waals surface area contributed by atoms with Gasteiger partial charge in [-0.15, -0.1) is 0 Å². The molecule has 6 heteroatoms. The summed E-state index contributed by atoms with van der Waals surface area (Å²) in [7, 11) is 4.08. The van der Waals surface area contributed by atoms with E-state index in [9.17, 15) is 9.59 Å². The summed E-state index contributed by atoms with van der Waals surface area (Å²) in [5.41, 5.74) is 1.29. The molecule has 3 rings (SSSR count). The topological polar surface area (TPSA) is 56.8 Å². The first kappa shape index (κ1) is 15.9. The maximum Gasteiger partial charge on any atom is 0.273 e. The summed E-state index contributed by atoms with van der Waals surface area (Å²) in [4.78, 5) is 35.6. The lowest BCUT2D eigenvalue weighted by atomic mass is 10.0. The molecule has 0 spiro atoms. The Morgan fingerprint density at radius 2 is 2.09 bits per heavy atom. The van der Waals surface area contributed by atoms with Gasteiger partial charge in [-0.2, -0.15) is 0 Å². The first-order chi connectivity index (χ1) is 10.9. The van der Waals surface area contributed by atoms with Crippen molar-refractivity contribution in [3.8, 4) is 0 Å². The van der Waals surface area contributed by atoms with Gasteiger partial charge in [0.05, 0.1) is 6.04 Å². The molecule has 0 aromatic carbocycles. The highest BCUT2D eigenvalue weighted by molar-refractivity contribution is 5.97. The predicted octanol–water partition coefficient (Wildman–Crippen LogP) is 0.765. The van der Waals surface area contributed by atoms with Gasteiger partial charge in [0.2, 0.25) is 5.91 Å². The largest absolute Gasteiger partial charge is 0.335 e. The van der Waals surface area contributed by atoms with Gasteiger partial charge in [0.25, 0.3) is 5.91 Å². The SMILES string of the molecule is Cc1cccnc1C(=O)N1C[C@@H]2C[C@H](N(C)C)CN2C(=O)[C@@H]1C. The number of hydrogen-bond acceptors (Lipinski definition) is 4. The van der Waals surface area contributed by atoms with Crippen LogP contribution < -0.4 is 0 Å². The number of carbonyl (C=O) groups excluding carboxylic acids is 2. The van der Waals surface area contributed by atoms with Crippen molar-refractivity contribution in [1.82, 2.24) is 19.7 Å². The predicted molar refractivity (Wildman–Crippen MR) is 87.1 cm³/mol. The number of nitrogens with zero attached hydrogens (tertiary/aromatic N) is 4. The standard InChI is InChI=1S/C17H24N4O2/c1-11-6-5-7-18-15(11)17(23)20-10-14-8-13(19(3)4)9-21(14)16(22)12(20)2/h5-7,12-14H,8-10H2,1-4H3/t12-,13-,14-/m0/s1. The lowest BCUT2D eigenvalue weighted by molar-refractivity contribution is -0.141. The van der Waals surface area contributed by atoms with Crippen molar-refractivity contribution < 1.29 is 9.59 Å². The van der Waals surface area contributed by atoms with E-state index >= 15 is 0 Å². The first-order valence-corrected chi connectivity index (χ1v) is 8.09. The maximum absolute atomic E-state index is 12.9. The van der Waals surface area contributed by atoms with E-state index in [0.717, 1.165) is 18.5 Å². The van der Waals surface area contributed by atoms with Gasteiger partial charge in [-0.05, 0) is 46.0 Å². The second-order valence-electron chi connectivity index (χ2n) is 6.80. The number of rotatable bonds is 2. The maximum atomic E-state index is 12.9. The molecule has 1 aromatic heterocycles. The molecule has 2 fully saturated rings. The summed E-state index contributed by atoms with van der Waals surface area (Å²) >= 11 is 0. The molecule has 0 aliphatic carbocycles. The van der Waals surface area contributed by atoms with Crippen LogP contribution in [-0.4, -0.2) is 76.8 Å². The van der Waals surface area contributed by atoms with Crippen LogP contribution in [0.15, 0.2) is 18.3 Å². The van der Waals surface area contributed by atoms with Crippen LogP contribution in [-0.2, 0) is 4.79 Å². The molecule has 0 N–H and O–H groups in total. The Kier molecular flexibility index (Phi) is 4.10. The molecule has 2 saturated heterocycles. The van der Waals surface area contributed by atoms with Crippen molar-refractivity contribution in [3.63, 3.8) is 0 Å².